The van der Waals surface area contributed by atoms with Crippen LogP contribution in [0.5, 0.6) is 5.75 Å². The molecular weight excluding hydrogens is 246 g/mol. The summed E-state index contributed by atoms with van der Waals surface area (Å²) in [5.74, 6) is 2.48. The van der Waals surface area contributed by atoms with Crippen molar-refractivity contribution in [3.63, 3.8) is 0 Å². The average Bonchev–Trinajstić information content (AvgIpc) is 2.47. The summed E-state index contributed by atoms with van der Waals surface area (Å²) in [6.45, 7) is 6.21. The van der Waals surface area contributed by atoms with Crippen LogP contribution >= 0.6 is 0 Å². The number of anilines is 1. The Morgan fingerprint density at radius 1 is 1.20 bits per heavy atom. The Bertz CT molecular complexity index is 383. The molecule has 0 atom stereocenters. The second-order valence-corrected chi connectivity index (χ2v) is 6.45. The molecule has 1 aliphatic rings. The van der Waals surface area contributed by atoms with Crippen LogP contribution in [0.25, 0.3) is 0 Å². The van der Waals surface area contributed by atoms with E-state index in [1.807, 2.05) is 6.07 Å². The van der Waals surface area contributed by atoms with Gasteiger partial charge < -0.3 is 10.1 Å². The monoisotopic (exact) mass is 275 g/mol. The SMILES string of the molecule is CC(C)COc1cccc(NCCC2CCCCC2)c1. The lowest BCUT2D eigenvalue weighted by Gasteiger charge is -2.21. The van der Waals surface area contributed by atoms with Gasteiger partial charge in [0.05, 0.1) is 6.61 Å². The lowest BCUT2D eigenvalue weighted by Crippen LogP contribution is -2.12. The standard InChI is InChI=1S/C18H29NO/c1-15(2)14-20-18-10-6-9-17(13-18)19-12-11-16-7-4-3-5-8-16/h6,9-10,13,15-16,19H,3-5,7-8,11-12,14H2,1-2H3. The average molecular weight is 275 g/mol. The molecule has 0 amide bonds. The number of hydrogen-bond donors (Lipinski definition) is 1. The van der Waals surface area contributed by atoms with Gasteiger partial charge in [0.15, 0.2) is 0 Å². The van der Waals surface area contributed by atoms with Crippen LogP contribution in [0.1, 0.15) is 52.4 Å². The molecule has 0 heterocycles. The van der Waals surface area contributed by atoms with E-state index in [2.05, 4.69) is 37.4 Å². The minimum absolute atomic E-state index is 0.568. The van der Waals surface area contributed by atoms with Crippen molar-refractivity contribution < 1.29 is 4.74 Å². The van der Waals surface area contributed by atoms with Crippen LogP contribution in [0.3, 0.4) is 0 Å². The van der Waals surface area contributed by atoms with Crippen LogP contribution in [0.4, 0.5) is 5.69 Å². The lowest BCUT2D eigenvalue weighted by atomic mass is 9.87. The van der Waals surface area contributed by atoms with Crippen molar-refractivity contribution in [2.45, 2.75) is 52.4 Å². The van der Waals surface area contributed by atoms with E-state index < -0.39 is 0 Å². The quantitative estimate of drug-likeness (QED) is 0.747. The number of rotatable bonds is 7. The summed E-state index contributed by atoms with van der Waals surface area (Å²) in [6.07, 6.45) is 8.47. The van der Waals surface area contributed by atoms with E-state index >= 15 is 0 Å². The highest BCUT2D eigenvalue weighted by atomic mass is 16.5. The molecule has 0 aromatic heterocycles. The van der Waals surface area contributed by atoms with E-state index in [1.54, 1.807) is 0 Å². The molecule has 0 bridgehead atoms. The first kappa shape index (κ1) is 15.2. The second kappa shape index (κ2) is 8.18. The van der Waals surface area contributed by atoms with Gasteiger partial charge in [0.2, 0.25) is 0 Å². The van der Waals surface area contributed by atoms with Gasteiger partial charge in [0, 0.05) is 18.3 Å². The molecule has 0 saturated heterocycles. The molecule has 1 saturated carbocycles. The summed E-state index contributed by atoms with van der Waals surface area (Å²) in [5, 5.41) is 3.54. The maximum atomic E-state index is 5.76. The maximum Gasteiger partial charge on any atom is 0.121 e. The molecule has 1 N–H and O–H groups in total. The molecule has 1 aliphatic carbocycles. The van der Waals surface area contributed by atoms with Gasteiger partial charge in [-0.3, -0.25) is 0 Å². The minimum Gasteiger partial charge on any atom is -0.493 e. The van der Waals surface area contributed by atoms with E-state index in [1.165, 1.54) is 44.2 Å². The van der Waals surface area contributed by atoms with Crippen LogP contribution in [-0.4, -0.2) is 13.2 Å². The molecule has 1 aromatic rings. The summed E-state index contributed by atoms with van der Waals surface area (Å²) < 4.78 is 5.76. The van der Waals surface area contributed by atoms with Crippen molar-refractivity contribution in [1.29, 1.82) is 0 Å². The highest BCUT2D eigenvalue weighted by Crippen LogP contribution is 2.26. The summed E-state index contributed by atoms with van der Waals surface area (Å²) >= 11 is 0. The van der Waals surface area contributed by atoms with E-state index in [9.17, 15) is 0 Å². The van der Waals surface area contributed by atoms with Gasteiger partial charge in [-0.25, -0.2) is 0 Å². The van der Waals surface area contributed by atoms with Crippen molar-refractivity contribution >= 4 is 5.69 Å². The first-order chi connectivity index (χ1) is 9.74. The number of nitrogens with one attached hydrogen (secondary N) is 1. The van der Waals surface area contributed by atoms with E-state index in [-0.39, 0.29) is 0 Å². The van der Waals surface area contributed by atoms with Gasteiger partial charge in [-0.05, 0) is 30.4 Å². The van der Waals surface area contributed by atoms with Crippen LogP contribution in [0, 0.1) is 11.8 Å². The normalized spacial score (nSPS) is 16.4. The summed E-state index contributed by atoms with van der Waals surface area (Å²) in [5.41, 5.74) is 1.18. The number of benzene rings is 1. The third kappa shape index (κ3) is 5.44. The highest BCUT2D eigenvalue weighted by Gasteiger charge is 2.12. The Kier molecular flexibility index (Phi) is 6.23. The van der Waals surface area contributed by atoms with Crippen molar-refractivity contribution in [1.82, 2.24) is 0 Å². The predicted molar refractivity (Wildman–Crippen MR) is 86.5 cm³/mol. The maximum absolute atomic E-state index is 5.76. The minimum atomic E-state index is 0.568. The summed E-state index contributed by atoms with van der Waals surface area (Å²) in [6, 6.07) is 8.35. The fourth-order valence-electron chi connectivity index (χ4n) is 2.86. The van der Waals surface area contributed by atoms with Gasteiger partial charge >= 0.3 is 0 Å². The van der Waals surface area contributed by atoms with Gasteiger partial charge in [0.25, 0.3) is 0 Å². The van der Waals surface area contributed by atoms with E-state index in [4.69, 9.17) is 4.74 Å². The number of hydrogen-bond acceptors (Lipinski definition) is 2. The molecule has 2 heteroatoms. The molecule has 1 fully saturated rings. The third-order valence-electron chi connectivity index (χ3n) is 4.02. The number of ether oxygens (including phenoxy) is 1. The van der Waals surface area contributed by atoms with Gasteiger partial charge in [-0.1, -0.05) is 52.0 Å². The fourth-order valence-corrected chi connectivity index (χ4v) is 2.86. The van der Waals surface area contributed by atoms with Crippen molar-refractivity contribution in [3.8, 4) is 5.75 Å². The largest absolute Gasteiger partial charge is 0.493 e. The smallest absolute Gasteiger partial charge is 0.121 e. The molecular formula is C18H29NO. The second-order valence-electron chi connectivity index (χ2n) is 6.45. The van der Waals surface area contributed by atoms with Crippen molar-refractivity contribution in [3.05, 3.63) is 24.3 Å². The first-order valence-corrected chi connectivity index (χ1v) is 8.21. The Morgan fingerprint density at radius 3 is 2.75 bits per heavy atom. The highest BCUT2D eigenvalue weighted by molar-refractivity contribution is 5.48. The molecule has 0 spiro atoms. The zero-order chi connectivity index (χ0) is 14.2. The van der Waals surface area contributed by atoms with E-state index in [0.717, 1.165) is 24.8 Å². The first-order valence-electron chi connectivity index (χ1n) is 8.21. The Morgan fingerprint density at radius 2 is 2.00 bits per heavy atom. The molecule has 1 aromatic carbocycles. The summed E-state index contributed by atoms with van der Waals surface area (Å²) in [7, 11) is 0. The zero-order valence-corrected chi connectivity index (χ0v) is 13.0. The van der Waals surface area contributed by atoms with Crippen molar-refractivity contribution in [2.75, 3.05) is 18.5 Å². The van der Waals surface area contributed by atoms with E-state index in [0.29, 0.717) is 5.92 Å². The summed E-state index contributed by atoms with van der Waals surface area (Å²) in [4.78, 5) is 0. The molecule has 0 radical (unpaired) electrons. The zero-order valence-electron chi connectivity index (χ0n) is 13.0. The Balaban J connectivity index is 1.73. The third-order valence-corrected chi connectivity index (χ3v) is 4.02. The fraction of sp³-hybridized carbons (Fsp3) is 0.667. The van der Waals surface area contributed by atoms with Gasteiger partial charge in [0.1, 0.15) is 5.75 Å². The molecule has 0 aliphatic heterocycles. The van der Waals surface area contributed by atoms with Crippen LogP contribution in [-0.2, 0) is 0 Å². The molecule has 20 heavy (non-hydrogen) atoms. The molecule has 2 rings (SSSR count). The molecule has 0 unspecified atom stereocenters. The molecule has 2 nitrogen and oxygen atoms in total. The van der Waals surface area contributed by atoms with Gasteiger partial charge in [-0.2, -0.15) is 0 Å². The lowest BCUT2D eigenvalue weighted by molar-refractivity contribution is 0.271. The predicted octanol–water partition coefficient (Wildman–Crippen LogP) is 5.10. The van der Waals surface area contributed by atoms with Crippen LogP contribution in [0.15, 0.2) is 24.3 Å². The Hall–Kier alpha value is -1.18. The topological polar surface area (TPSA) is 21.3 Å². The van der Waals surface area contributed by atoms with Crippen molar-refractivity contribution in [2.24, 2.45) is 11.8 Å². The Labute approximate surface area is 123 Å². The molecule has 112 valence electrons. The van der Waals surface area contributed by atoms with Crippen LogP contribution in [0.2, 0.25) is 0 Å². The van der Waals surface area contributed by atoms with Gasteiger partial charge in [-0.15, -0.1) is 0 Å². The van der Waals surface area contributed by atoms with Crippen LogP contribution < -0.4 is 10.1 Å².